The third-order valence-corrected chi connectivity index (χ3v) is 6.77. The van der Waals surface area contributed by atoms with Crippen LogP contribution in [0.25, 0.3) is 0 Å². The maximum atomic E-state index is 13.5. The van der Waals surface area contributed by atoms with E-state index in [-0.39, 0.29) is 34.8 Å². The van der Waals surface area contributed by atoms with E-state index < -0.39 is 28.9 Å². The molecule has 1 saturated heterocycles. The van der Waals surface area contributed by atoms with Crippen LogP contribution in [-0.2, 0) is 19.1 Å². The van der Waals surface area contributed by atoms with Crippen LogP contribution in [0.3, 0.4) is 0 Å². The van der Waals surface area contributed by atoms with Crippen LogP contribution in [0.15, 0.2) is 77.3 Å². The normalized spacial score (nSPS) is 19.0. The fourth-order valence-corrected chi connectivity index (χ4v) is 4.80. The molecule has 0 saturated carbocycles. The largest absolute Gasteiger partial charge is 0.460 e. The summed E-state index contributed by atoms with van der Waals surface area (Å²) in [4.78, 5) is 39.8. The highest BCUT2D eigenvalue weighted by molar-refractivity contribution is 6.00. The van der Waals surface area contributed by atoms with E-state index in [0.29, 0.717) is 24.4 Å². The van der Waals surface area contributed by atoms with Crippen molar-refractivity contribution in [1.29, 1.82) is 0 Å². The lowest BCUT2D eigenvalue weighted by Crippen LogP contribution is -2.54. The summed E-state index contributed by atoms with van der Waals surface area (Å²) >= 11 is 0. The molecular formula is C28H32N4O6. The van der Waals surface area contributed by atoms with Gasteiger partial charge in [-0.2, -0.15) is 0 Å². The summed E-state index contributed by atoms with van der Waals surface area (Å²) in [5.41, 5.74) is 8.19. The Morgan fingerprint density at radius 1 is 1.05 bits per heavy atom. The quantitative estimate of drug-likeness (QED) is 0.303. The number of benzene rings is 2. The van der Waals surface area contributed by atoms with Gasteiger partial charge in [0.2, 0.25) is 0 Å². The van der Waals surface area contributed by atoms with Gasteiger partial charge in [0.25, 0.3) is 5.69 Å². The number of likely N-dealkylation sites (tertiary alicyclic amines) is 1. The summed E-state index contributed by atoms with van der Waals surface area (Å²) in [6.07, 6.45) is -0.780. The van der Waals surface area contributed by atoms with E-state index >= 15 is 0 Å². The number of carbonyl (C=O) groups excluding carboxylic acids is 2. The van der Waals surface area contributed by atoms with Gasteiger partial charge in [-0.1, -0.05) is 42.5 Å². The van der Waals surface area contributed by atoms with Gasteiger partial charge >= 0.3 is 11.9 Å². The Bertz CT molecular complexity index is 1300. The molecule has 4 rings (SSSR count). The molecule has 10 nitrogen and oxygen atoms in total. The average molecular weight is 521 g/mol. The number of non-ortho nitro benzene ring substituents is 1. The fourth-order valence-electron chi connectivity index (χ4n) is 4.80. The molecular weight excluding hydrogens is 488 g/mol. The molecule has 2 atom stereocenters. The first-order valence-corrected chi connectivity index (χ1v) is 12.5. The molecule has 2 unspecified atom stereocenters. The topological polar surface area (TPSA) is 137 Å². The molecule has 2 heterocycles. The van der Waals surface area contributed by atoms with Gasteiger partial charge in [0.1, 0.15) is 11.9 Å². The van der Waals surface area contributed by atoms with Crippen molar-refractivity contribution >= 4 is 17.6 Å². The van der Waals surface area contributed by atoms with Gasteiger partial charge in [-0.25, -0.2) is 9.59 Å². The highest BCUT2D eigenvalue weighted by atomic mass is 16.6. The molecule has 2 aromatic carbocycles. The monoisotopic (exact) mass is 520 g/mol. The molecule has 1 fully saturated rings. The highest BCUT2D eigenvalue weighted by Crippen LogP contribution is 2.40. The van der Waals surface area contributed by atoms with Crippen molar-refractivity contribution < 1.29 is 24.0 Å². The number of carbonyl (C=O) groups is 2. The van der Waals surface area contributed by atoms with Crippen molar-refractivity contribution in [1.82, 2.24) is 10.2 Å². The smallest absolute Gasteiger partial charge is 0.339 e. The molecule has 10 heteroatoms. The molecule has 0 bridgehead atoms. The Labute approximate surface area is 221 Å². The van der Waals surface area contributed by atoms with E-state index in [1.165, 1.54) is 23.8 Å². The number of nitrogens with zero attached hydrogens (tertiary/aromatic N) is 2. The second-order valence-electron chi connectivity index (χ2n) is 9.80. The SMILES string of the molecule is CC1=C(C(=O)OC(C)C)C(c2cccc([N+](=O)[O-])c2)C(C(=O)OC2CN(C(C)c3ccccc3)C2)=C(N)N1. The second-order valence-corrected chi connectivity index (χ2v) is 9.80. The van der Waals surface area contributed by atoms with E-state index in [9.17, 15) is 19.7 Å². The summed E-state index contributed by atoms with van der Waals surface area (Å²) in [5.74, 6) is -2.31. The predicted molar refractivity (Wildman–Crippen MR) is 140 cm³/mol. The fraction of sp³-hybridized carbons (Fsp3) is 0.357. The first-order chi connectivity index (χ1) is 18.1. The first-order valence-electron chi connectivity index (χ1n) is 12.5. The number of esters is 2. The summed E-state index contributed by atoms with van der Waals surface area (Å²) in [6.45, 7) is 8.25. The summed E-state index contributed by atoms with van der Waals surface area (Å²) < 4.78 is 11.3. The average Bonchev–Trinajstić information content (AvgIpc) is 2.85. The van der Waals surface area contributed by atoms with Gasteiger partial charge < -0.3 is 20.5 Å². The number of hydrogen-bond acceptors (Lipinski definition) is 9. The lowest BCUT2D eigenvalue weighted by Gasteiger charge is -2.43. The number of nitro groups is 1. The summed E-state index contributed by atoms with van der Waals surface area (Å²) in [5, 5.41) is 14.4. The molecule has 38 heavy (non-hydrogen) atoms. The van der Waals surface area contributed by atoms with Crippen LogP contribution >= 0.6 is 0 Å². The van der Waals surface area contributed by atoms with Gasteiger partial charge in [-0.15, -0.1) is 0 Å². The number of rotatable bonds is 8. The Hall–Kier alpha value is -4.18. The number of nitrogens with one attached hydrogen (secondary N) is 1. The first kappa shape index (κ1) is 26.9. The van der Waals surface area contributed by atoms with E-state index in [1.54, 1.807) is 26.8 Å². The molecule has 3 N–H and O–H groups in total. The van der Waals surface area contributed by atoms with Gasteiger partial charge in [0, 0.05) is 37.0 Å². The van der Waals surface area contributed by atoms with Gasteiger partial charge in [0.05, 0.1) is 28.1 Å². The van der Waals surface area contributed by atoms with Crippen LogP contribution in [0.5, 0.6) is 0 Å². The molecule has 2 aliphatic heterocycles. The molecule has 2 aliphatic rings. The Morgan fingerprint density at radius 2 is 1.74 bits per heavy atom. The third kappa shape index (κ3) is 5.55. The number of nitro benzene ring substituents is 1. The number of ether oxygens (including phenoxy) is 2. The maximum Gasteiger partial charge on any atom is 0.339 e. The van der Waals surface area contributed by atoms with Crippen molar-refractivity contribution in [3.05, 3.63) is 98.5 Å². The lowest BCUT2D eigenvalue weighted by atomic mass is 9.81. The van der Waals surface area contributed by atoms with E-state index in [1.807, 2.05) is 18.2 Å². The number of nitrogens with two attached hydrogens (primary N) is 1. The van der Waals surface area contributed by atoms with Crippen molar-refractivity contribution in [3.8, 4) is 0 Å². The van der Waals surface area contributed by atoms with Gasteiger partial charge in [0.15, 0.2) is 0 Å². The minimum atomic E-state index is -1.01. The van der Waals surface area contributed by atoms with E-state index in [0.717, 1.165) is 0 Å². The maximum absolute atomic E-state index is 13.5. The number of dihydropyridines is 1. The molecule has 2 aromatic rings. The van der Waals surface area contributed by atoms with Crippen LogP contribution in [-0.4, -0.2) is 47.1 Å². The van der Waals surface area contributed by atoms with Crippen molar-refractivity contribution in [2.24, 2.45) is 5.73 Å². The molecule has 0 amide bonds. The molecule has 0 spiro atoms. The van der Waals surface area contributed by atoms with Crippen molar-refractivity contribution in [2.75, 3.05) is 13.1 Å². The highest BCUT2D eigenvalue weighted by Gasteiger charge is 2.41. The van der Waals surface area contributed by atoms with Crippen LogP contribution in [0.2, 0.25) is 0 Å². The number of hydrogen-bond donors (Lipinski definition) is 2. The third-order valence-electron chi connectivity index (χ3n) is 6.77. The Kier molecular flexibility index (Phi) is 7.82. The zero-order valence-electron chi connectivity index (χ0n) is 21.8. The van der Waals surface area contributed by atoms with Crippen LogP contribution in [0.4, 0.5) is 5.69 Å². The van der Waals surface area contributed by atoms with Crippen molar-refractivity contribution in [2.45, 2.75) is 51.9 Å². The minimum absolute atomic E-state index is 0.0151. The summed E-state index contributed by atoms with van der Waals surface area (Å²) in [6, 6.07) is 16.0. The molecule has 0 radical (unpaired) electrons. The zero-order valence-corrected chi connectivity index (χ0v) is 21.8. The van der Waals surface area contributed by atoms with E-state index in [4.69, 9.17) is 15.2 Å². The molecule has 200 valence electrons. The number of allylic oxidation sites excluding steroid dienone is 1. The zero-order chi connectivity index (χ0) is 27.6. The van der Waals surface area contributed by atoms with Crippen LogP contribution < -0.4 is 11.1 Å². The standard InChI is InChI=1S/C28H32N4O6/c1-16(2)37-27(33)23-17(3)30-26(29)25(24(23)20-11-8-12-21(13-20)32(35)36)28(34)38-22-14-31(15-22)18(4)19-9-6-5-7-10-19/h5-13,16,18,22,24,30H,14-15,29H2,1-4H3. The second kappa shape index (κ2) is 11.1. The lowest BCUT2D eigenvalue weighted by molar-refractivity contribution is -0.384. The minimum Gasteiger partial charge on any atom is -0.460 e. The van der Waals surface area contributed by atoms with Crippen LogP contribution in [0, 0.1) is 10.1 Å². The van der Waals surface area contributed by atoms with E-state index in [2.05, 4.69) is 29.3 Å². The van der Waals surface area contributed by atoms with Crippen LogP contribution in [0.1, 0.15) is 50.8 Å². The summed E-state index contributed by atoms with van der Waals surface area (Å²) in [7, 11) is 0. The van der Waals surface area contributed by atoms with Crippen molar-refractivity contribution in [3.63, 3.8) is 0 Å². The Morgan fingerprint density at radius 3 is 2.37 bits per heavy atom. The Balaban J connectivity index is 1.60. The van der Waals surface area contributed by atoms with Gasteiger partial charge in [-0.05, 0) is 38.8 Å². The predicted octanol–water partition coefficient (Wildman–Crippen LogP) is 3.67. The van der Waals surface area contributed by atoms with Gasteiger partial charge in [-0.3, -0.25) is 15.0 Å². The molecule has 0 aromatic heterocycles. The molecule has 0 aliphatic carbocycles.